The third-order valence-electron chi connectivity index (χ3n) is 3.12. The molecule has 0 saturated carbocycles. The first kappa shape index (κ1) is 14.4. The van der Waals surface area contributed by atoms with Crippen molar-refractivity contribution in [3.05, 3.63) is 0 Å². The van der Waals surface area contributed by atoms with Gasteiger partial charge >= 0.3 is 5.97 Å². The summed E-state index contributed by atoms with van der Waals surface area (Å²) in [4.78, 5) is 21.7. The van der Waals surface area contributed by atoms with Gasteiger partial charge in [0.05, 0.1) is 6.10 Å². The highest BCUT2D eigenvalue weighted by Crippen LogP contribution is 2.23. The van der Waals surface area contributed by atoms with Crippen LogP contribution in [0.2, 0.25) is 0 Å². The van der Waals surface area contributed by atoms with Gasteiger partial charge in [-0.1, -0.05) is 13.8 Å². The molecule has 5 unspecified atom stereocenters. The number of rotatable bonds is 2. The van der Waals surface area contributed by atoms with Crippen LogP contribution in [0.15, 0.2) is 0 Å². The number of ether oxygens (including phenoxy) is 1. The summed E-state index contributed by atoms with van der Waals surface area (Å²) < 4.78 is 5.39. The highest BCUT2D eigenvalue weighted by atomic mass is 17.2. The van der Waals surface area contributed by atoms with Gasteiger partial charge in [0, 0.05) is 18.9 Å². The summed E-state index contributed by atoms with van der Waals surface area (Å²) >= 11 is 0. The minimum absolute atomic E-state index is 0.0295. The number of esters is 1. The Hall–Kier alpha value is -0.650. The zero-order chi connectivity index (χ0) is 13.0. The molecule has 1 aliphatic rings. The second kappa shape index (κ2) is 6.33. The van der Waals surface area contributed by atoms with Crippen molar-refractivity contribution in [3.63, 3.8) is 0 Å². The van der Waals surface area contributed by atoms with E-state index in [1.165, 1.54) is 6.92 Å². The van der Waals surface area contributed by atoms with Crippen LogP contribution in [-0.4, -0.2) is 30.4 Å². The number of hydrogen-bond acceptors (Lipinski definition) is 5. The van der Waals surface area contributed by atoms with Gasteiger partial charge in [0.25, 0.3) is 0 Å². The molecule has 1 heterocycles. The van der Waals surface area contributed by atoms with Crippen molar-refractivity contribution in [2.24, 2.45) is 5.92 Å². The van der Waals surface area contributed by atoms with Crippen molar-refractivity contribution >= 4 is 5.97 Å². The van der Waals surface area contributed by atoms with E-state index in [1.54, 1.807) is 0 Å². The second-order valence-electron chi connectivity index (χ2n) is 4.67. The maximum absolute atomic E-state index is 11.2. The van der Waals surface area contributed by atoms with E-state index < -0.39 is 0 Å². The number of hydrogen-bond donors (Lipinski definition) is 1. The van der Waals surface area contributed by atoms with Gasteiger partial charge < -0.3 is 4.74 Å². The SMILES string of the molecule is CCC1OOC(C)NC(C)C(OC(C)=O)C1C. The smallest absolute Gasteiger partial charge is 0.302 e. The van der Waals surface area contributed by atoms with Crippen LogP contribution in [0.3, 0.4) is 0 Å². The fourth-order valence-corrected chi connectivity index (χ4v) is 2.24. The molecule has 5 atom stereocenters. The molecule has 0 aromatic rings. The van der Waals surface area contributed by atoms with Gasteiger partial charge in [-0.05, 0) is 20.3 Å². The van der Waals surface area contributed by atoms with E-state index in [0.29, 0.717) is 0 Å². The zero-order valence-electron chi connectivity index (χ0n) is 11.2. The van der Waals surface area contributed by atoms with Crippen molar-refractivity contribution in [3.8, 4) is 0 Å². The van der Waals surface area contributed by atoms with Crippen molar-refractivity contribution in [2.45, 2.75) is 65.5 Å². The van der Waals surface area contributed by atoms with Crippen LogP contribution < -0.4 is 5.32 Å². The highest BCUT2D eigenvalue weighted by molar-refractivity contribution is 5.66. The normalized spacial score (nSPS) is 39.2. The zero-order valence-corrected chi connectivity index (χ0v) is 11.2. The average Bonchev–Trinajstić information content (AvgIpc) is 2.24. The van der Waals surface area contributed by atoms with Crippen LogP contribution in [0.4, 0.5) is 0 Å². The van der Waals surface area contributed by atoms with E-state index in [0.717, 1.165) is 6.42 Å². The van der Waals surface area contributed by atoms with Crippen LogP contribution >= 0.6 is 0 Å². The van der Waals surface area contributed by atoms with Crippen molar-refractivity contribution in [1.82, 2.24) is 5.32 Å². The van der Waals surface area contributed by atoms with Crippen LogP contribution in [0.5, 0.6) is 0 Å². The van der Waals surface area contributed by atoms with Crippen molar-refractivity contribution in [1.29, 1.82) is 0 Å². The van der Waals surface area contributed by atoms with Crippen LogP contribution in [0, 0.1) is 5.92 Å². The van der Waals surface area contributed by atoms with E-state index in [2.05, 4.69) is 5.32 Å². The topological polar surface area (TPSA) is 56.8 Å². The molecule has 100 valence electrons. The maximum Gasteiger partial charge on any atom is 0.302 e. The Morgan fingerprint density at radius 1 is 1.29 bits per heavy atom. The summed E-state index contributed by atoms with van der Waals surface area (Å²) in [5.74, 6) is -0.182. The van der Waals surface area contributed by atoms with Gasteiger partial charge in [-0.2, -0.15) is 0 Å². The van der Waals surface area contributed by atoms with Gasteiger partial charge in [0.1, 0.15) is 12.3 Å². The van der Waals surface area contributed by atoms with Crippen LogP contribution in [0.25, 0.3) is 0 Å². The molecule has 5 heteroatoms. The first-order valence-electron chi connectivity index (χ1n) is 6.21. The van der Waals surface area contributed by atoms with Crippen LogP contribution in [0.1, 0.15) is 41.0 Å². The lowest BCUT2D eigenvalue weighted by Crippen LogP contribution is -2.53. The molecule has 17 heavy (non-hydrogen) atoms. The number of carbonyl (C=O) groups is 1. The molecule has 1 aliphatic heterocycles. The molecule has 0 bridgehead atoms. The molecule has 0 aliphatic carbocycles. The first-order valence-corrected chi connectivity index (χ1v) is 6.21. The molecular formula is C12H23NO4. The molecule has 1 saturated heterocycles. The Kier molecular flexibility index (Phi) is 5.36. The summed E-state index contributed by atoms with van der Waals surface area (Å²) in [5.41, 5.74) is 0. The van der Waals surface area contributed by atoms with Gasteiger partial charge in [-0.15, -0.1) is 0 Å². The fraction of sp³-hybridized carbons (Fsp3) is 0.917. The Morgan fingerprint density at radius 2 is 1.94 bits per heavy atom. The van der Waals surface area contributed by atoms with E-state index in [-0.39, 0.29) is 36.4 Å². The van der Waals surface area contributed by atoms with E-state index in [9.17, 15) is 4.79 Å². The molecule has 5 nitrogen and oxygen atoms in total. The van der Waals surface area contributed by atoms with Gasteiger partial charge in [-0.25, -0.2) is 9.78 Å². The Morgan fingerprint density at radius 3 is 2.47 bits per heavy atom. The monoisotopic (exact) mass is 245 g/mol. The Bertz CT molecular complexity index is 259. The van der Waals surface area contributed by atoms with Crippen molar-refractivity contribution in [2.75, 3.05) is 0 Å². The second-order valence-corrected chi connectivity index (χ2v) is 4.67. The van der Waals surface area contributed by atoms with Gasteiger partial charge in [0.15, 0.2) is 0 Å². The quantitative estimate of drug-likeness (QED) is 0.592. The summed E-state index contributed by atoms with van der Waals surface area (Å²) in [7, 11) is 0. The lowest BCUT2D eigenvalue weighted by molar-refractivity contribution is -0.372. The predicted octanol–water partition coefficient (Wildman–Crippen LogP) is 1.62. The Balaban J connectivity index is 2.81. The third kappa shape index (κ3) is 3.94. The molecule has 0 aromatic heterocycles. The highest BCUT2D eigenvalue weighted by Gasteiger charge is 2.35. The van der Waals surface area contributed by atoms with Crippen LogP contribution in [-0.2, 0) is 19.3 Å². The minimum Gasteiger partial charge on any atom is -0.461 e. The molecule has 0 spiro atoms. The van der Waals surface area contributed by atoms with E-state index in [1.807, 2.05) is 27.7 Å². The molecule has 1 N–H and O–H groups in total. The van der Waals surface area contributed by atoms with Gasteiger partial charge in [0.2, 0.25) is 0 Å². The summed E-state index contributed by atoms with van der Waals surface area (Å²) in [6.07, 6.45) is 0.331. The van der Waals surface area contributed by atoms with E-state index in [4.69, 9.17) is 14.5 Å². The fourth-order valence-electron chi connectivity index (χ4n) is 2.24. The minimum atomic E-state index is -0.264. The molecular weight excluding hydrogens is 222 g/mol. The molecule has 0 aromatic carbocycles. The lowest BCUT2D eigenvalue weighted by atomic mass is 9.91. The number of carbonyl (C=O) groups excluding carboxylic acids is 1. The predicted molar refractivity (Wildman–Crippen MR) is 63.0 cm³/mol. The summed E-state index contributed by atoms with van der Waals surface area (Å²) in [6.45, 7) is 9.32. The maximum atomic E-state index is 11.2. The number of nitrogens with one attached hydrogen (secondary N) is 1. The largest absolute Gasteiger partial charge is 0.461 e. The van der Waals surface area contributed by atoms with Gasteiger partial charge in [-0.3, -0.25) is 10.1 Å². The average molecular weight is 245 g/mol. The molecule has 1 rings (SSSR count). The van der Waals surface area contributed by atoms with E-state index >= 15 is 0 Å². The summed E-state index contributed by atoms with van der Waals surface area (Å²) in [5, 5.41) is 3.19. The van der Waals surface area contributed by atoms with Crippen molar-refractivity contribution < 1.29 is 19.3 Å². The lowest BCUT2D eigenvalue weighted by Gasteiger charge is -2.37. The standard InChI is InChI=1S/C12H23NO4/c1-6-11-7(2)12(15-10(5)14)8(3)13-9(4)16-17-11/h7-9,11-13H,6H2,1-5H3. The summed E-state index contributed by atoms with van der Waals surface area (Å²) in [6, 6.07) is 0.0295. The third-order valence-corrected chi connectivity index (χ3v) is 3.12. The molecule has 0 radical (unpaired) electrons. The molecule has 0 amide bonds. The molecule has 1 fully saturated rings. The Labute approximate surface area is 103 Å². The first-order chi connectivity index (χ1) is 7.95.